The molecule has 2 aliphatic rings. The molecule has 2 heterocycles. The first-order valence-corrected chi connectivity index (χ1v) is 12.5. The maximum absolute atomic E-state index is 13.4. The van der Waals surface area contributed by atoms with Crippen LogP contribution < -0.4 is 9.62 Å². The van der Waals surface area contributed by atoms with Crippen molar-refractivity contribution in [2.75, 3.05) is 23.7 Å². The number of ketones is 1. The third kappa shape index (κ3) is 3.99. The third-order valence-corrected chi connectivity index (χ3v) is 7.40. The highest BCUT2D eigenvalue weighted by Crippen LogP contribution is 2.33. The van der Waals surface area contributed by atoms with E-state index >= 15 is 0 Å². The van der Waals surface area contributed by atoms with Gasteiger partial charge in [-0.25, -0.2) is 17.6 Å². The van der Waals surface area contributed by atoms with Crippen molar-refractivity contribution in [2.45, 2.75) is 31.7 Å². The van der Waals surface area contributed by atoms with E-state index in [1.54, 1.807) is 19.1 Å². The molecule has 0 saturated carbocycles. The first kappa shape index (κ1) is 22.9. The lowest BCUT2D eigenvalue weighted by Crippen LogP contribution is -2.43. The fourth-order valence-electron chi connectivity index (χ4n) is 4.46. The Morgan fingerprint density at radius 3 is 2.48 bits per heavy atom. The van der Waals surface area contributed by atoms with Crippen molar-refractivity contribution in [1.29, 1.82) is 0 Å². The number of hydrogen-bond donors (Lipinski definition) is 1. The molecule has 1 atom stereocenters. The minimum atomic E-state index is -3.43. The predicted octanol–water partition coefficient (Wildman–Crippen LogP) is 2.58. The van der Waals surface area contributed by atoms with E-state index < -0.39 is 45.6 Å². The lowest BCUT2D eigenvalue weighted by atomic mass is 9.87. The summed E-state index contributed by atoms with van der Waals surface area (Å²) in [6.07, 6.45) is 2.62. The number of halogens is 1. The number of nitrogens with one attached hydrogen (secondary N) is 1. The van der Waals surface area contributed by atoms with E-state index in [1.807, 2.05) is 0 Å². The van der Waals surface area contributed by atoms with Gasteiger partial charge < -0.3 is 5.32 Å². The average Bonchev–Trinajstić information content (AvgIpc) is 3.03. The van der Waals surface area contributed by atoms with Crippen molar-refractivity contribution in [3.8, 4) is 0 Å². The first-order valence-electron chi connectivity index (χ1n) is 10.6. The van der Waals surface area contributed by atoms with Crippen LogP contribution in [0.3, 0.4) is 0 Å². The largest absolute Gasteiger partial charge is 0.325 e. The number of Topliss-reactive ketones (excluding diaryl/α,β-unsaturated/α-hetero) is 1. The van der Waals surface area contributed by atoms with Gasteiger partial charge in [-0.3, -0.25) is 18.8 Å². The van der Waals surface area contributed by atoms with Crippen molar-refractivity contribution in [3.05, 3.63) is 65.0 Å². The number of carbonyl (C=O) groups is 3. The van der Waals surface area contributed by atoms with Gasteiger partial charge in [-0.1, -0.05) is 19.1 Å². The Hall–Kier alpha value is -3.27. The van der Waals surface area contributed by atoms with Crippen LogP contribution in [-0.4, -0.2) is 50.4 Å². The molecule has 0 unspecified atom stereocenters. The highest BCUT2D eigenvalue weighted by molar-refractivity contribution is 7.92. The molecular formula is C23H24FN3O5S. The van der Waals surface area contributed by atoms with Gasteiger partial charge in [0.2, 0.25) is 10.0 Å². The number of amides is 3. The maximum atomic E-state index is 13.4. The van der Waals surface area contributed by atoms with Crippen LogP contribution in [0.25, 0.3) is 0 Å². The predicted molar refractivity (Wildman–Crippen MR) is 120 cm³/mol. The van der Waals surface area contributed by atoms with Gasteiger partial charge in [0.15, 0.2) is 5.78 Å². The van der Waals surface area contributed by atoms with E-state index in [-0.39, 0.29) is 6.42 Å². The van der Waals surface area contributed by atoms with E-state index in [0.717, 1.165) is 16.7 Å². The number of fused-ring (bicyclic) bond motifs is 1. The maximum Gasteiger partial charge on any atom is 0.325 e. The summed E-state index contributed by atoms with van der Waals surface area (Å²) in [4.78, 5) is 39.7. The number of sulfonamides is 1. The minimum Gasteiger partial charge on any atom is -0.319 e. The molecule has 10 heteroatoms. The van der Waals surface area contributed by atoms with Crippen LogP contribution in [0.1, 0.15) is 41.3 Å². The number of rotatable bonds is 6. The molecule has 3 amide bonds. The molecule has 1 fully saturated rings. The molecule has 0 aromatic heterocycles. The zero-order chi connectivity index (χ0) is 24.0. The molecular weight excluding hydrogens is 449 g/mol. The highest BCUT2D eigenvalue weighted by atomic mass is 32.2. The summed E-state index contributed by atoms with van der Waals surface area (Å²) in [6.45, 7) is 1.65. The Bertz CT molecular complexity index is 1250. The van der Waals surface area contributed by atoms with Crippen molar-refractivity contribution in [2.24, 2.45) is 0 Å². The number of carbonyl (C=O) groups excluding carboxylic acids is 3. The number of imide groups is 1. The summed E-state index contributed by atoms with van der Waals surface area (Å²) in [6, 6.07) is 9.35. The zero-order valence-electron chi connectivity index (χ0n) is 18.3. The van der Waals surface area contributed by atoms with Gasteiger partial charge in [0.1, 0.15) is 11.4 Å². The van der Waals surface area contributed by atoms with Crippen LogP contribution in [0.5, 0.6) is 0 Å². The van der Waals surface area contributed by atoms with Crippen LogP contribution in [0, 0.1) is 5.82 Å². The van der Waals surface area contributed by atoms with Gasteiger partial charge in [-0.15, -0.1) is 0 Å². The lowest BCUT2D eigenvalue weighted by Gasteiger charge is -2.29. The van der Waals surface area contributed by atoms with Crippen LogP contribution in [0.15, 0.2) is 42.5 Å². The summed E-state index contributed by atoms with van der Waals surface area (Å²) in [7, 11) is -3.43. The van der Waals surface area contributed by atoms with Crippen molar-refractivity contribution < 1.29 is 27.2 Å². The minimum absolute atomic E-state index is 0.230. The number of aryl methyl sites for hydroxylation is 1. The summed E-state index contributed by atoms with van der Waals surface area (Å²) in [5, 5.41) is 2.67. The first-order chi connectivity index (χ1) is 15.6. The van der Waals surface area contributed by atoms with Crippen molar-refractivity contribution >= 4 is 33.4 Å². The topological polar surface area (TPSA) is 104 Å². The molecule has 1 saturated heterocycles. The van der Waals surface area contributed by atoms with Crippen molar-refractivity contribution in [3.63, 3.8) is 0 Å². The lowest BCUT2D eigenvalue weighted by molar-refractivity contribution is -0.131. The summed E-state index contributed by atoms with van der Waals surface area (Å²) in [5.74, 6) is -1.48. The van der Waals surface area contributed by atoms with E-state index in [9.17, 15) is 27.2 Å². The molecule has 0 aliphatic carbocycles. The molecule has 4 rings (SSSR count). The van der Waals surface area contributed by atoms with Crippen LogP contribution in [-0.2, 0) is 26.8 Å². The molecule has 2 aromatic carbocycles. The Morgan fingerprint density at radius 2 is 1.85 bits per heavy atom. The fourth-order valence-corrected chi connectivity index (χ4v) is 5.46. The zero-order valence-corrected chi connectivity index (χ0v) is 19.1. The highest BCUT2D eigenvalue weighted by Gasteiger charge is 2.51. The molecule has 174 valence electrons. The van der Waals surface area contributed by atoms with E-state index in [4.69, 9.17) is 0 Å². The second kappa shape index (κ2) is 8.26. The molecule has 2 aromatic rings. The van der Waals surface area contributed by atoms with Crippen LogP contribution in [0.4, 0.5) is 14.9 Å². The second-order valence-corrected chi connectivity index (χ2v) is 10.2. The van der Waals surface area contributed by atoms with Gasteiger partial charge >= 0.3 is 6.03 Å². The van der Waals surface area contributed by atoms with Gasteiger partial charge in [-0.05, 0) is 60.7 Å². The molecule has 8 nitrogen and oxygen atoms in total. The molecule has 0 radical (unpaired) electrons. The standard InChI is InChI=1S/C23H24FN3O5S/c1-3-23(17-7-9-18(24)10-8-17)21(29)26(22(30)25-23)14-20(28)16-6-11-19-15(13-16)5-4-12-27(19)33(2,31)32/h6-11,13H,3-5,12,14H2,1-2H3,(H,25,30)/t23-/m1/s1. The van der Waals surface area contributed by atoms with Crippen molar-refractivity contribution in [1.82, 2.24) is 10.2 Å². The molecule has 0 spiro atoms. The Kier molecular flexibility index (Phi) is 5.73. The molecule has 33 heavy (non-hydrogen) atoms. The fraction of sp³-hybridized carbons (Fsp3) is 0.348. The van der Waals surface area contributed by atoms with Crippen LogP contribution in [0.2, 0.25) is 0 Å². The third-order valence-electron chi connectivity index (χ3n) is 6.22. The van der Waals surface area contributed by atoms with Gasteiger partial charge in [-0.2, -0.15) is 0 Å². The number of anilines is 1. The second-order valence-electron chi connectivity index (χ2n) is 8.29. The smallest absolute Gasteiger partial charge is 0.319 e. The quantitative estimate of drug-likeness (QED) is 0.513. The molecule has 1 N–H and O–H groups in total. The number of nitrogens with zero attached hydrogens (tertiary/aromatic N) is 2. The SMILES string of the molecule is CC[C@]1(c2ccc(F)cc2)NC(=O)N(CC(=O)c2ccc3c(c2)CCCN3S(C)(=O)=O)C1=O. The van der Waals surface area contributed by atoms with E-state index in [0.29, 0.717) is 36.2 Å². The average molecular weight is 474 g/mol. The normalized spacial score (nSPS) is 20.6. The van der Waals surface area contributed by atoms with Gasteiger partial charge in [0, 0.05) is 12.1 Å². The Labute approximate surface area is 191 Å². The van der Waals surface area contributed by atoms with Crippen LogP contribution >= 0.6 is 0 Å². The van der Waals surface area contributed by atoms with Gasteiger partial charge in [0.05, 0.1) is 18.5 Å². The Balaban J connectivity index is 1.58. The van der Waals surface area contributed by atoms with Gasteiger partial charge in [0.25, 0.3) is 5.91 Å². The number of benzene rings is 2. The number of hydrogen-bond acceptors (Lipinski definition) is 5. The monoisotopic (exact) mass is 473 g/mol. The molecule has 0 bridgehead atoms. The summed E-state index contributed by atoms with van der Waals surface area (Å²) < 4.78 is 38.8. The van der Waals surface area contributed by atoms with E-state index in [2.05, 4.69) is 5.32 Å². The summed E-state index contributed by atoms with van der Waals surface area (Å²) >= 11 is 0. The number of urea groups is 1. The van der Waals surface area contributed by atoms with E-state index in [1.165, 1.54) is 34.6 Å². The summed E-state index contributed by atoms with van der Waals surface area (Å²) in [5.41, 5.74) is 0.632. The molecule has 2 aliphatic heterocycles. The Morgan fingerprint density at radius 1 is 1.15 bits per heavy atom.